The minimum atomic E-state index is -3.09. The molecule has 7 nitrogen and oxygen atoms in total. The lowest BCUT2D eigenvalue weighted by molar-refractivity contribution is -0.144. The number of hydrogen-bond donors (Lipinski definition) is 1. The monoisotopic (exact) mass is 347 g/mol. The second kappa shape index (κ2) is 9.10. The molecular weight excluding hydrogens is 318 g/mol. The number of carbonyl (C=O) groups is 1. The molecule has 0 aliphatic heterocycles. The van der Waals surface area contributed by atoms with Crippen molar-refractivity contribution in [2.45, 2.75) is 64.5 Å². The summed E-state index contributed by atoms with van der Waals surface area (Å²) in [4.78, 5) is 19.2. The quantitative estimate of drug-likeness (QED) is 0.405. The van der Waals surface area contributed by atoms with Gasteiger partial charge in [0.2, 0.25) is 6.10 Å². The van der Waals surface area contributed by atoms with Crippen LogP contribution in [0.1, 0.15) is 52.4 Å². The van der Waals surface area contributed by atoms with Crippen LogP contribution in [0.3, 0.4) is 0 Å². The molecule has 1 aliphatic rings. The van der Waals surface area contributed by atoms with Crippen molar-refractivity contribution in [3.8, 4) is 0 Å². The number of likely N-dealkylation sites (N-methyl/N-ethyl adjacent to an activating group) is 1. The zero-order chi connectivity index (χ0) is 17.5. The number of hydrogen-bond acceptors (Lipinski definition) is 5. The number of rotatable bonds is 8. The molecule has 0 aromatic heterocycles. The highest BCUT2D eigenvalue weighted by Gasteiger charge is 2.26. The SMILES string of the molecule is CCS(=O)(=O)CC/C(N)=N\O[C@H](C)C(=O)N(C)C1CCCCC1. The van der Waals surface area contributed by atoms with Crippen molar-refractivity contribution in [1.29, 1.82) is 0 Å². The molecule has 1 rings (SSSR count). The van der Waals surface area contributed by atoms with E-state index >= 15 is 0 Å². The molecule has 0 aromatic carbocycles. The van der Waals surface area contributed by atoms with E-state index in [0.29, 0.717) is 0 Å². The molecule has 2 N–H and O–H groups in total. The maximum atomic E-state index is 12.3. The Bertz CT molecular complexity index is 513. The third-order valence-electron chi connectivity index (χ3n) is 4.25. The van der Waals surface area contributed by atoms with Crippen molar-refractivity contribution in [2.24, 2.45) is 10.9 Å². The Kier molecular flexibility index (Phi) is 7.81. The second-order valence-corrected chi connectivity index (χ2v) is 8.53. The summed E-state index contributed by atoms with van der Waals surface area (Å²) in [5, 5.41) is 3.69. The Hall–Kier alpha value is -1.31. The highest BCUT2D eigenvalue weighted by molar-refractivity contribution is 7.91. The Labute approximate surface area is 139 Å². The average Bonchev–Trinajstić information content (AvgIpc) is 2.57. The number of oxime groups is 1. The van der Waals surface area contributed by atoms with Gasteiger partial charge in [-0.1, -0.05) is 31.3 Å². The van der Waals surface area contributed by atoms with Crippen LogP contribution in [0.5, 0.6) is 0 Å². The van der Waals surface area contributed by atoms with Crippen LogP contribution in [0.25, 0.3) is 0 Å². The fourth-order valence-electron chi connectivity index (χ4n) is 2.58. The number of carbonyl (C=O) groups excluding carboxylic acids is 1. The Balaban J connectivity index is 2.45. The summed E-state index contributed by atoms with van der Waals surface area (Å²) in [5.41, 5.74) is 5.64. The van der Waals surface area contributed by atoms with E-state index in [0.717, 1.165) is 25.7 Å². The standard InChI is InChI=1S/C15H29N3O4S/c1-4-23(20,21)11-10-14(16)17-22-12(2)15(19)18(3)13-8-6-5-7-9-13/h12-13H,4-11H2,1-3H3,(H2,16,17)/t12-/m1/s1. The van der Waals surface area contributed by atoms with Crippen molar-refractivity contribution >= 4 is 21.6 Å². The Morgan fingerprint density at radius 1 is 1.35 bits per heavy atom. The van der Waals surface area contributed by atoms with Gasteiger partial charge in [0.15, 0.2) is 0 Å². The van der Waals surface area contributed by atoms with Gasteiger partial charge < -0.3 is 15.5 Å². The van der Waals surface area contributed by atoms with E-state index in [1.807, 2.05) is 0 Å². The lowest BCUT2D eigenvalue weighted by atomic mass is 9.94. The largest absolute Gasteiger partial charge is 0.384 e. The van der Waals surface area contributed by atoms with Crippen LogP contribution < -0.4 is 5.73 Å². The molecule has 0 spiro atoms. The molecule has 1 saturated carbocycles. The van der Waals surface area contributed by atoms with Crippen LogP contribution >= 0.6 is 0 Å². The molecule has 23 heavy (non-hydrogen) atoms. The van der Waals surface area contributed by atoms with Gasteiger partial charge in [-0.2, -0.15) is 0 Å². The molecule has 0 heterocycles. The zero-order valence-electron chi connectivity index (χ0n) is 14.3. The Morgan fingerprint density at radius 2 is 1.96 bits per heavy atom. The summed E-state index contributed by atoms with van der Waals surface area (Å²) in [6, 6.07) is 0.262. The van der Waals surface area contributed by atoms with Crippen molar-refractivity contribution in [1.82, 2.24) is 4.90 Å². The minimum Gasteiger partial charge on any atom is -0.384 e. The fraction of sp³-hybridized carbons (Fsp3) is 0.867. The number of nitrogens with two attached hydrogens (primary N) is 1. The first-order valence-corrected chi connectivity index (χ1v) is 10.0. The summed E-state index contributed by atoms with van der Waals surface area (Å²) in [5.74, 6) is -0.0362. The summed E-state index contributed by atoms with van der Waals surface area (Å²) in [6.45, 7) is 3.21. The van der Waals surface area contributed by atoms with Gasteiger partial charge >= 0.3 is 0 Å². The molecule has 1 amide bonds. The van der Waals surface area contributed by atoms with Crippen LogP contribution in [-0.4, -0.2) is 55.8 Å². The average molecular weight is 347 g/mol. The molecule has 0 bridgehead atoms. The number of sulfone groups is 1. The first-order chi connectivity index (χ1) is 10.8. The predicted octanol–water partition coefficient (Wildman–Crippen LogP) is 1.28. The van der Waals surface area contributed by atoms with Crippen molar-refractivity contribution < 1.29 is 18.0 Å². The van der Waals surface area contributed by atoms with Gasteiger partial charge in [0, 0.05) is 25.3 Å². The molecule has 0 saturated heterocycles. The molecule has 134 valence electrons. The summed E-state index contributed by atoms with van der Waals surface area (Å²) in [6.07, 6.45) is 4.94. The Morgan fingerprint density at radius 3 is 2.52 bits per heavy atom. The number of nitrogens with zero attached hydrogens (tertiary/aromatic N) is 2. The summed E-state index contributed by atoms with van der Waals surface area (Å²) in [7, 11) is -1.30. The van der Waals surface area contributed by atoms with E-state index < -0.39 is 15.9 Å². The van der Waals surface area contributed by atoms with E-state index in [9.17, 15) is 13.2 Å². The molecule has 0 aromatic rings. The van der Waals surface area contributed by atoms with Crippen molar-refractivity contribution in [3.63, 3.8) is 0 Å². The van der Waals surface area contributed by atoms with Gasteiger partial charge in [-0.05, 0) is 19.8 Å². The molecule has 1 aliphatic carbocycles. The molecule has 0 radical (unpaired) electrons. The van der Waals surface area contributed by atoms with Gasteiger partial charge in [0.25, 0.3) is 5.91 Å². The van der Waals surface area contributed by atoms with Crippen LogP contribution in [0.15, 0.2) is 5.16 Å². The van der Waals surface area contributed by atoms with Crippen LogP contribution in [-0.2, 0) is 19.5 Å². The fourth-order valence-corrected chi connectivity index (χ4v) is 3.39. The van der Waals surface area contributed by atoms with E-state index in [4.69, 9.17) is 10.6 Å². The minimum absolute atomic E-state index is 0.0630. The van der Waals surface area contributed by atoms with E-state index in [1.54, 1.807) is 25.8 Å². The summed E-state index contributed by atoms with van der Waals surface area (Å²) < 4.78 is 22.8. The first kappa shape index (κ1) is 19.7. The van der Waals surface area contributed by atoms with Gasteiger partial charge in [-0.3, -0.25) is 4.79 Å². The molecular formula is C15H29N3O4S. The van der Waals surface area contributed by atoms with Crippen LogP contribution in [0.2, 0.25) is 0 Å². The van der Waals surface area contributed by atoms with E-state index in [2.05, 4.69) is 5.16 Å². The molecule has 0 unspecified atom stereocenters. The topological polar surface area (TPSA) is 102 Å². The van der Waals surface area contributed by atoms with Gasteiger partial charge in [-0.15, -0.1) is 0 Å². The normalized spacial score (nSPS) is 18.5. The maximum Gasteiger partial charge on any atom is 0.266 e. The third kappa shape index (κ3) is 6.76. The van der Waals surface area contributed by atoms with Crippen molar-refractivity contribution in [2.75, 3.05) is 18.6 Å². The van der Waals surface area contributed by atoms with Gasteiger partial charge in [0.1, 0.15) is 15.7 Å². The maximum absolute atomic E-state index is 12.3. The number of amides is 1. The third-order valence-corrected chi connectivity index (χ3v) is 5.96. The highest BCUT2D eigenvalue weighted by atomic mass is 32.2. The van der Waals surface area contributed by atoms with Crippen molar-refractivity contribution in [3.05, 3.63) is 0 Å². The zero-order valence-corrected chi connectivity index (χ0v) is 15.1. The van der Waals surface area contributed by atoms with Gasteiger partial charge in [0.05, 0.1) is 5.75 Å². The predicted molar refractivity (Wildman–Crippen MR) is 90.8 cm³/mol. The smallest absolute Gasteiger partial charge is 0.266 e. The van der Waals surface area contributed by atoms with Crippen LogP contribution in [0.4, 0.5) is 0 Å². The van der Waals surface area contributed by atoms with E-state index in [1.165, 1.54) is 6.42 Å². The highest BCUT2D eigenvalue weighted by Crippen LogP contribution is 2.22. The molecule has 8 heteroatoms. The summed E-state index contributed by atoms with van der Waals surface area (Å²) >= 11 is 0. The van der Waals surface area contributed by atoms with Gasteiger partial charge in [-0.25, -0.2) is 8.42 Å². The lowest BCUT2D eigenvalue weighted by Crippen LogP contribution is -2.43. The first-order valence-electron chi connectivity index (χ1n) is 8.22. The van der Waals surface area contributed by atoms with E-state index in [-0.39, 0.29) is 35.7 Å². The second-order valence-electron chi connectivity index (χ2n) is 6.06. The molecule has 1 atom stereocenters. The number of amidine groups is 1. The molecule has 1 fully saturated rings. The lowest BCUT2D eigenvalue weighted by Gasteiger charge is -2.32. The van der Waals surface area contributed by atoms with Crippen LogP contribution in [0, 0.1) is 0 Å².